The number of aliphatic hydroxyl groups excluding tert-OH is 1. The molecule has 1 aromatic rings. The summed E-state index contributed by atoms with van der Waals surface area (Å²) < 4.78 is 0.852. The maximum Gasteiger partial charge on any atom is 0.0960 e. The first-order valence-electron chi connectivity index (χ1n) is 3.56. The van der Waals surface area contributed by atoms with Gasteiger partial charge in [-0.3, -0.25) is 0 Å². The lowest BCUT2D eigenvalue weighted by Crippen LogP contribution is -2.03. The van der Waals surface area contributed by atoms with Crippen LogP contribution in [-0.4, -0.2) is 11.7 Å². The Balaban J connectivity index is 2.56. The Labute approximate surface area is 75.6 Å². The molecule has 1 aromatic heterocycles. The predicted molar refractivity (Wildman–Crippen MR) is 49.3 cm³/mol. The SMILES string of the molecule is CC(CO)Cc1ccsc1Cl. The van der Waals surface area contributed by atoms with Crippen LogP contribution in [0.25, 0.3) is 0 Å². The van der Waals surface area contributed by atoms with Crippen LogP contribution in [0.15, 0.2) is 11.4 Å². The van der Waals surface area contributed by atoms with Gasteiger partial charge in [-0.15, -0.1) is 11.3 Å². The van der Waals surface area contributed by atoms with Gasteiger partial charge in [0, 0.05) is 6.61 Å². The van der Waals surface area contributed by atoms with Crippen molar-refractivity contribution in [1.82, 2.24) is 0 Å². The van der Waals surface area contributed by atoms with E-state index in [0.717, 1.165) is 16.3 Å². The monoisotopic (exact) mass is 190 g/mol. The Morgan fingerprint density at radius 2 is 2.45 bits per heavy atom. The molecule has 1 unspecified atom stereocenters. The number of hydrogen-bond donors (Lipinski definition) is 1. The van der Waals surface area contributed by atoms with Crippen LogP contribution in [0.1, 0.15) is 12.5 Å². The predicted octanol–water partition coefficient (Wildman–Crippen LogP) is 2.57. The summed E-state index contributed by atoms with van der Waals surface area (Å²) in [6.07, 6.45) is 0.874. The van der Waals surface area contributed by atoms with Gasteiger partial charge in [0.05, 0.1) is 4.34 Å². The van der Waals surface area contributed by atoms with Crippen molar-refractivity contribution in [3.63, 3.8) is 0 Å². The van der Waals surface area contributed by atoms with Crippen LogP contribution < -0.4 is 0 Å². The largest absolute Gasteiger partial charge is 0.396 e. The highest BCUT2D eigenvalue weighted by molar-refractivity contribution is 7.14. The van der Waals surface area contributed by atoms with E-state index in [1.54, 1.807) is 11.3 Å². The van der Waals surface area contributed by atoms with Gasteiger partial charge in [0.15, 0.2) is 0 Å². The van der Waals surface area contributed by atoms with Gasteiger partial charge in [-0.2, -0.15) is 0 Å². The number of hydrogen-bond acceptors (Lipinski definition) is 2. The summed E-state index contributed by atoms with van der Waals surface area (Å²) in [7, 11) is 0. The first-order valence-corrected chi connectivity index (χ1v) is 4.82. The molecule has 0 aliphatic heterocycles. The van der Waals surface area contributed by atoms with E-state index >= 15 is 0 Å². The molecule has 1 N–H and O–H groups in total. The minimum absolute atomic E-state index is 0.228. The summed E-state index contributed by atoms with van der Waals surface area (Å²) in [5.41, 5.74) is 1.15. The second-order valence-corrected chi connectivity index (χ2v) is 4.23. The van der Waals surface area contributed by atoms with Crippen molar-refractivity contribution >= 4 is 22.9 Å². The van der Waals surface area contributed by atoms with Crippen LogP contribution in [-0.2, 0) is 6.42 Å². The molecule has 0 fully saturated rings. The lowest BCUT2D eigenvalue weighted by molar-refractivity contribution is 0.237. The maximum absolute atomic E-state index is 8.78. The minimum atomic E-state index is 0.228. The van der Waals surface area contributed by atoms with Crippen LogP contribution in [0, 0.1) is 5.92 Å². The molecule has 62 valence electrons. The summed E-state index contributed by atoms with van der Waals surface area (Å²) in [5, 5.41) is 10.8. The fourth-order valence-corrected chi connectivity index (χ4v) is 1.85. The van der Waals surface area contributed by atoms with E-state index in [2.05, 4.69) is 0 Å². The summed E-state index contributed by atoms with van der Waals surface area (Å²) in [6, 6.07) is 2.01. The quantitative estimate of drug-likeness (QED) is 0.777. The number of aliphatic hydroxyl groups is 1. The molecular formula is C8H11ClOS. The zero-order valence-corrected chi connectivity index (χ0v) is 7.95. The molecule has 0 bridgehead atoms. The number of thiophene rings is 1. The molecule has 0 spiro atoms. The van der Waals surface area contributed by atoms with Crippen molar-refractivity contribution in [3.8, 4) is 0 Å². The Hall–Kier alpha value is -0.0500. The third-order valence-corrected chi connectivity index (χ3v) is 2.82. The zero-order valence-electron chi connectivity index (χ0n) is 6.38. The molecule has 1 rings (SSSR count). The van der Waals surface area contributed by atoms with Crippen LogP contribution in [0.3, 0.4) is 0 Å². The molecule has 1 heterocycles. The van der Waals surface area contributed by atoms with Crippen molar-refractivity contribution < 1.29 is 5.11 Å². The molecule has 0 amide bonds. The normalized spacial score (nSPS) is 13.4. The van der Waals surface area contributed by atoms with E-state index in [-0.39, 0.29) is 6.61 Å². The third-order valence-electron chi connectivity index (χ3n) is 1.57. The van der Waals surface area contributed by atoms with Crippen molar-refractivity contribution in [3.05, 3.63) is 21.3 Å². The first-order chi connectivity index (χ1) is 5.24. The average Bonchev–Trinajstić information content (AvgIpc) is 2.37. The van der Waals surface area contributed by atoms with Crippen LogP contribution in [0.5, 0.6) is 0 Å². The van der Waals surface area contributed by atoms with E-state index in [1.807, 2.05) is 18.4 Å². The fourth-order valence-electron chi connectivity index (χ4n) is 0.905. The van der Waals surface area contributed by atoms with E-state index in [0.29, 0.717) is 5.92 Å². The molecule has 0 aromatic carbocycles. The second-order valence-electron chi connectivity index (χ2n) is 2.71. The van der Waals surface area contributed by atoms with Crippen LogP contribution >= 0.6 is 22.9 Å². The van der Waals surface area contributed by atoms with Crippen molar-refractivity contribution in [2.45, 2.75) is 13.3 Å². The lowest BCUT2D eigenvalue weighted by Gasteiger charge is -2.05. The molecule has 0 saturated carbocycles. The molecule has 11 heavy (non-hydrogen) atoms. The van der Waals surface area contributed by atoms with Crippen molar-refractivity contribution in [2.75, 3.05) is 6.61 Å². The highest BCUT2D eigenvalue weighted by Gasteiger charge is 2.05. The average molecular weight is 191 g/mol. The highest BCUT2D eigenvalue weighted by atomic mass is 35.5. The van der Waals surface area contributed by atoms with Gasteiger partial charge >= 0.3 is 0 Å². The number of rotatable bonds is 3. The van der Waals surface area contributed by atoms with E-state index in [1.165, 1.54) is 0 Å². The Kier molecular flexibility index (Phi) is 3.37. The lowest BCUT2D eigenvalue weighted by atomic mass is 10.1. The Morgan fingerprint density at radius 3 is 2.91 bits per heavy atom. The standard InChI is InChI=1S/C8H11ClOS/c1-6(5-10)4-7-2-3-11-8(7)9/h2-3,6,10H,4-5H2,1H3. The summed E-state index contributed by atoms with van der Waals surface area (Å²) in [4.78, 5) is 0. The van der Waals surface area contributed by atoms with Gasteiger partial charge in [-0.1, -0.05) is 18.5 Å². The topological polar surface area (TPSA) is 20.2 Å². The summed E-state index contributed by atoms with van der Waals surface area (Å²) >= 11 is 7.42. The Bertz CT molecular complexity index is 222. The first kappa shape index (κ1) is 9.04. The van der Waals surface area contributed by atoms with Gasteiger partial charge < -0.3 is 5.11 Å². The van der Waals surface area contributed by atoms with E-state index < -0.39 is 0 Å². The van der Waals surface area contributed by atoms with Crippen LogP contribution in [0.4, 0.5) is 0 Å². The maximum atomic E-state index is 8.78. The fraction of sp³-hybridized carbons (Fsp3) is 0.500. The van der Waals surface area contributed by atoms with Crippen molar-refractivity contribution in [2.24, 2.45) is 5.92 Å². The third kappa shape index (κ3) is 2.47. The molecular weight excluding hydrogens is 180 g/mol. The number of halogens is 1. The highest BCUT2D eigenvalue weighted by Crippen LogP contribution is 2.24. The molecule has 1 atom stereocenters. The van der Waals surface area contributed by atoms with Gasteiger partial charge in [-0.25, -0.2) is 0 Å². The molecule has 0 radical (unpaired) electrons. The smallest absolute Gasteiger partial charge is 0.0960 e. The Morgan fingerprint density at radius 1 is 1.73 bits per heavy atom. The molecule has 0 aliphatic carbocycles. The molecule has 1 nitrogen and oxygen atoms in total. The zero-order chi connectivity index (χ0) is 8.27. The molecule has 3 heteroatoms. The van der Waals surface area contributed by atoms with E-state index in [9.17, 15) is 0 Å². The van der Waals surface area contributed by atoms with Gasteiger partial charge in [-0.05, 0) is 29.3 Å². The summed E-state index contributed by atoms with van der Waals surface area (Å²) in [6.45, 7) is 2.24. The molecule has 0 saturated heterocycles. The van der Waals surface area contributed by atoms with Gasteiger partial charge in [0.2, 0.25) is 0 Å². The second kappa shape index (κ2) is 4.10. The summed E-state index contributed by atoms with van der Waals surface area (Å²) in [5.74, 6) is 0.307. The minimum Gasteiger partial charge on any atom is -0.396 e. The van der Waals surface area contributed by atoms with Gasteiger partial charge in [0.25, 0.3) is 0 Å². The van der Waals surface area contributed by atoms with Gasteiger partial charge in [0.1, 0.15) is 0 Å². The van der Waals surface area contributed by atoms with Crippen molar-refractivity contribution in [1.29, 1.82) is 0 Å². The van der Waals surface area contributed by atoms with Crippen LogP contribution in [0.2, 0.25) is 4.34 Å². The molecule has 0 aliphatic rings. The van der Waals surface area contributed by atoms with E-state index in [4.69, 9.17) is 16.7 Å².